The first-order valence-corrected chi connectivity index (χ1v) is 5.44. The molecule has 5 N–H and O–H groups in total. The van der Waals surface area contributed by atoms with Crippen LogP contribution in [0.1, 0.15) is 10.8 Å². The summed E-state index contributed by atoms with van der Waals surface area (Å²) in [6.07, 6.45) is 0. The molecule has 1 aromatic rings. The van der Waals surface area contributed by atoms with Crippen molar-refractivity contribution in [1.82, 2.24) is 0 Å². The number of benzene rings is 1. The van der Waals surface area contributed by atoms with E-state index in [4.69, 9.17) is 16.0 Å². The molecule has 0 aliphatic rings. The summed E-state index contributed by atoms with van der Waals surface area (Å²) in [5, 5.41) is -1.75. The molecule has 7 heteroatoms. The van der Waals surface area contributed by atoms with Crippen molar-refractivity contribution in [2.75, 3.05) is 5.73 Å². The van der Waals surface area contributed by atoms with E-state index >= 15 is 0 Å². The van der Waals surface area contributed by atoms with Crippen LogP contribution in [0, 0.1) is 0 Å². The molecule has 0 fully saturated rings. The van der Waals surface area contributed by atoms with E-state index in [1.165, 1.54) is 24.3 Å². The maximum Gasteiger partial charge on any atom is 0.281 e. The Bertz CT molecular complexity index is 466. The number of nitrogens with two attached hydrogens (primary N) is 2. The van der Waals surface area contributed by atoms with Gasteiger partial charge in [0.05, 0.1) is 0 Å². The first-order valence-electron chi connectivity index (χ1n) is 3.93. The van der Waals surface area contributed by atoms with Gasteiger partial charge in [0.15, 0.2) is 5.25 Å². The van der Waals surface area contributed by atoms with Gasteiger partial charge in [-0.2, -0.15) is 8.42 Å². The van der Waals surface area contributed by atoms with Gasteiger partial charge in [0.2, 0.25) is 5.91 Å². The van der Waals surface area contributed by atoms with Gasteiger partial charge in [-0.3, -0.25) is 9.35 Å². The minimum atomic E-state index is -4.55. The number of carbonyl (C=O) groups is 1. The third kappa shape index (κ3) is 2.67. The molecule has 0 bridgehead atoms. The normalized spacial score (nSPS) is 13.4. The quantitative estimate of drug-likeness (QED) is 0.485. The summed E-state index contributed by atoms with van der Waals surface area (Å²) in [6, 6.07) is 5.46. The molecule has 0 heterocycles. The van der Waals surface area contributed by atoms with E-state index in [1.807, 2.05) is 0 Å². The van der Waals surface area contributed by atoms with E-state index in [-0.39, 0.29) is 5.56 Å². The molecule has 0 aliphatic heterocycles. The van der Waals surface area contributed by atoms with Crippen LogP contribution in [0.5, 0.6) is 0 Å². The Balaban J connectivity index is 3.23. The minimum Gasteiger partial charge on any atom is -0.399 e. The number of rotatable bonds is 3. The SMILES string of the molecule is NC(=O)C(c1ccc(N)cc1)S(=O)(=O)O. The van der Waals surface area contributed by atoms with Crippen LogP contribution in [0.3, 0.4) is 0 Å². The second-order valence-corrected chi connectivity index (χ2v) is 4.47. The predicted molar refractivity (Wildman–Crippen MR) is 54.3 cm³/mol. The summed E-state index contributed by atoms with van der Waals surface area (Å²) >= 11 is 0. The molecule has 0 saturated carbocycles. The Hall–Kier alpha value is -1.60. The number of amides is 1. The molecule has 0 aliphatic carbocycles. The number of hydrogen-bond acceptors (Lipinski definition) is 4. The maximum absolute atomic E-state index is 10.9. The van der Waals surface area contributed by atoms with Crippen molar-refractivity contribution >= 4 is 21.7 Å². The maximum atomic E-state index is 10.9. The molecule has 0 aromatic heterocycles. The van der Waals surface area contributed by atoms with Crippen LogP contribution in [-0.4, -0.2) is 18.9 Å². The first-order chi connectivity index (χ1) is 6.82. The fraction of sp³-hybridized carbons (Fsp3) is 0.125. The molecule has 82 valence electrons. The number of carbonyl (C=O) groups excluding carboxylic acids is 1. The van der Waals surface area contributed by atoms with Crippen molar-refractivity contribution in [2.24, 2.45) is 5.73 Å². The molecule has 0 spiro atoms. The van der Waals surface area contributed by atoms with E-state index in [0.29, 0.717) is 5.69 Å². The molecule has 15 heavy (non-hydrogen) atoms. The summed E-state index contributed by atoms with van der Waals surface area (Å²) in [4.78, 5) is 10.9. The highest BCUT2D eigenvalue weighted by molar-refractivity contribution is 7.86. The van der Waals surface area contributed by atoms with E-state index in [0.717, 1.165) is 0 Å². The van der Waals surface area contributed by atoms with Crippen LogP contribution >= 0.6 is 0 Å². The summed E-state index contributed by atoms with van der Waals surface area (Å²) in [5.74, 6) is -1.14. The highest BCUT2D eigenvalue weighted by Gasteiger charge is 2.30. The predicted octanol–water partition coefficient (Wildman–Crippen LogP) is -0.317. The molecule has 6 nitrogen and oxygen atoms in total. The van der Waals surface area contributed by atoms with Gasteiger partial charge in [0.25, 0.3) is 10.1 Å². The average molecular weight is 230 g/mol. The Morgan fingerprint density at radius 3 is 2.07 bits per heavy atom. The number of primary amides is 1. The average Bonchev–Trinajstić information content (AvgIpc) is 2.05. The van der Waals surface area contributed by atoms with E-state index < -0.39 is 21.3 Å². The van der Waals surface area contributed by atoms with Crippen LogP contribution in [0.4, 0.5) is 5.69 Å². The molecule has 1 amide bonds. The van der Waals surface area contributed by atoms with Crippen LogP contribution in [0.15, 0.2) is 24.3 Å². The zero-order chi connectivity index (χ0) is 11.6. The molecule has 1 rings (SSSR count). The minimum absolute atomic E-state index is 0.0826. The lowest BCUT2D eigenvalue weighted by Crippen LogP contribution is -2.28. The van der Waals surface area contributed by atoms with E-state index in [2.05, 4.69) is 0 Å². The topological polar surface area (TPSA) is 123 Å². The zero-order valence-electron chi connectivity index (χ0n) is 7.62. The van der Waals surface area contributed by atoms with Crippen LogP contribution in [0.2, 0.25) is 0 Å². The van der Waals surface area contributed by atoms with E-state index in [9.17, 15) is 13.2 Å². The molecule has 1 atom stereocenters. The Morgan fingerprint density at radius 1 is 1.27 bits per heavy atom. The molecular formula is C8H10N2O4S. The molecule has 1 unspecified atom stereocenters. The Morgan fingerprint density at radius 2 is 1.73 bits per heavy atom. The van der Waals surface area contributed by atoms with Gasteiger partial charge in [-0.05, 0) is 17.7 Å². The molecule has 0 radical (unpaired) electrons. The van der Waals surface area contributed by atoms with Gasteiger partial charge in [-0.25, -0.2) is 0 Å². The van der Waals surface area contributed by atoms with Gasteiger partial charge in [-0.1, -0.05) is 12.1 Å². The standard InChI is InChI=1S/C8H10N2O4S/c9-6-3-1-5(2-4-6)7(8(10)11)15(12,13)14/h1-4,7H,9H2,(H2,10,11)(H,12,13,14). The fourth-order valence-electron chi connectivity index (χ4n) is 1.15. The summed E-state index contributed by atoms with van der Waals surface area (Å²) in [5.41, 5.74) is 10.8. The second-order valence-electron chi connectivity index (χ2n) is 2.96. The van der Waals surface area contributed by atoms with Crippen molar-refractivity contribution in [2.45, 2.75) is 5.25 Å². The first kappa shape index (κ1) is 11.5. The molecule has 0 saturated heterocycles. The number of nitrogen functional groups attached to an aromatic ring is 1. The van der Waals surface area contributed by atoms with Crippen LogP contribution in [0.25, 0.3) is 0 Å². The van der Waals surface area contributed by atoms with Crippen molar-refractivity contribution in [3.63, 3.8) is 0 Å². The fourth-order valence-corrected chi connectivity index (χ4v) is 1.95. The molecular weight excluding hydrogens is 220 g/mol. The third-order valence-electron chi connectivity index (χ3n) is 1.80. The Kier molecular flexibility index (Phi) is 2.96. The van der Waals surface area contributed by atoms with Gasteiger partial charge < -0.3 is 11.5 Å². The van der Waals surface area contributed by atoms with Crippen LogP contribution < -0.4 is 11.5 Å². The second kappa shape index (κ2) is 3.87. The summed E-state index contributed by atoms with van der Waals surface area (Å²) < 4.78 is 30.6. The third-order valence-corrected chi connectivity index (χ3v) is 2.90. The lowest BCUT2D eigenvalue weighted by Gasteiger charge is -2.10. The monoisotopic (exact) mass is 230 g/mol. The summed E-state index contributed by atoms with van der Waals surface area (Å²) in [6.45, 7) is 0. The Labute approximate surface area is 86.6 Å². The molecule has 1 aromatic carbocycles. The van der Waals surface area contributed by atoms with Crippen molar-refractivity contribution in [1.29, 1.82) is 0 Å². The van der Waals surface area contributed by atoms with E-state index in [1.54, 1.807) is 0 Å². The lowest BCUT2D eigenvalue weighted by atomic mass is 10.1. The lowest BCUT2D eigenvalue weighted by molar-refractivity contribution is -0.117. The van der Waals surface area contributed by atoms with Crippen LogP contribution in [-0.2, 0) is 14.9 Å². The van der Waals surface area contributed by atoms with Gasteiger partial charge >= 0.3 is 0 Å². The van der Waals surface area contributed by atoms with Gasteiger partial charge in [0, 0.05) is 5.69 Å². The highest BCUT2D eigenvalue weighted by Crippen LogP contribution is 2.21. The number of anilines is 1. The zero-order valence-corrected chi connectivity index (χ0v) is 8.44. The highest BCUT2D eigenvalue weighted by atomic mass is 32.2. The summed E-state index contributed by atoms with van der Waals surface area (Å²) in [7, 11) is -4.55. The van der Waals surface area contributed by atoms with Gasteiger partial charge in [0.1, 0.15) is 0 Å². The van der Waals surface area contributed by atoms with Crippen molar-refractivity contribution in [3.8, 4) is 0 Å². The van der Waals surface area contributed by atoms with Crippen molar-refractivity contribution < 1.29 is 17.8 Å². The van der Waals surface area contributed by atoms with Crippen molar-refractivity contribution in [3.05, 3.63) is 29.8 Å². The largest absolute Gasteiger partial charge is 0.399 e. The smallest absolute Gasteiger partial charge is 0.281 e. The van der Waals surface area contributed by atoms with Gasteiger partial charge in [-0.15, -0.1) is 0 Å². The number of hydrogen-bond donors (Lipinski definition) is 3.